The van der Waals surface area contributed by atoms with Crippen molar-refractivity contribution < 1.29 is 14.4 Å². The molecule has 0 aromatic carbocycles. The Kier molecular flexibility index (Phi) is 4.32. The van der Waals surface area contributed by atoms with Crippen LogP contribution in [0.15, 0.2) is 12.1 Å². The number of anilines is 2. The third-order valence-corrected chi connectivity index (χ3v) is 3.26. The number of hydrogen-bond donors (Lipinski definition) is 3. The van der Waals surface area contributed by atoms with Crippen molar-refractivity contribution in [2.24, 2.45) is 5.84 Å². The molecule has 1 unspecified atom stereocenters. The second kappa shape index (κ2) is 5.99. The van der Waals surface area contributed by atoms with E-state index in [1.54, 1.807) is 7.11 Å². The largest absolute Gasteiger partial charge is 0.378 e. The second-order valence-corrected chi connectivity index (χ2v) is 4.54. The van der Waals surface area contributed by atoms with Crippen LogP contribution in [0.4, 0.5) is 17.3 Å². The molecule has 0 spiro atoms. The molecule has 1 aromatic heterocycles. The van der Waals surface area contributed by atoms with Gasteiger partial charge in [-0.15, -0.1) is 0 Å². The van der Waals surface area contributed by atoms with Crippen LogP contribution in [-0.2, 0) is 9.47 Å². The number of nitrogens with zero attached hydrogens (tertiary/aromatic N) is 2. The van der Waals surface area contributed by atoms with Crippen molar-refractivity contribution >= 4 is 17.3 Å². The standard InChI is InChI=1S/C11H17N5O4/c1-19-11(2-3-20-7-11)6-13-9-4-8(16(17)18)5-10(14-9)15-12/h4-5H,2-3,6-7,12H2,1H3,(H2,13,14,15). The first-order valence-electron chi connectivity index (χ1n) is 6.08. The molecular weight excluding hydrogens is 266 g/mol. The molecule has 9 heteroatoms. The van der Waals surface area contributed by atoms with Crippen LogP contribution in [0, 0.1) is 10.1 Å². The minimum absolute atomic E-state index is 0.0930. The Bertz CT molecular complexity index is 490. The van der Waals surface area contributed by atoms with E-state index in [0.29, 0.717) is 25.6 Å². The zero-order valence-corrected chi connectivity index (χ0v) is 11.1. The van der Waals surface area contributed by atoms with E-state index in [0.717, 1.165) is 6.42 Å². The Balaban J connectivity index is 2.12. The van der Waals surface area contributed by atoms with E-state index in [4.69, 9.17) is 15.3 Å². The first-order chi connectivity index (χ1) is 9.58. The summed E-state index contributed by atoms with van der Waals surface area (Å²) in [5, 5.41) is 13.9. The van der Waals surface area contributed by atoms with Crippen LogP contribution in [0.3, 0.4) is 0 Å². The molecule has 1 aliphatic heterocycles. The van der Waals surface area contributed by atoms with Crippen molar-refractivity contribution in [3.05, 3.63) is 22.2 Å². The van der Waals surface area contributed by atoms with Gasteiger partial charge in [-0.2, -0.15) is 0 Å². The predicted molar refractivity (Wildman–Crippen MR) is 72.4 cm³/mol. The monoisotopic (exact) mass is 283 g/mol. The van der Waals surface area contributed by atoms with Gasteiger partial charge in [0.2, 0.25) is 0 Å². The number of nitrogen functional groups attached to an aromatic ring is 1. The van der Waals surface area contributed by atoms with Crippen LogP contribution in [0.25, 0.3) is 0 Å². The molecule has 2 rings (SSSR count). The highest BCUT2D eigenvalue weighted by Gasteiger charge is 2.34. The van der Waals surface area contributed by atoms with Gasteiger partial charge >= 0.3 is 0 Å². The quantitative estimate of drug-likeness (QED) is 0.391. The predicted octanol–water partition coefficient (Wildman–Crippen LogP) is 0.493. The number of hydrazine groups is 1. The summed E-state index contributed by atoms with van der Waals surface area (Å²) in [5.41, 5.74) is 1.78. The average Bonchev–Trinajstić information content (AvgIpc) is 2.94. The van der Waals surface area contributed by atoms with Gasteiger partial charge in [-0.1, -0.05) is 0 Å². The fraction of sp³-hybridized carbons (Fsp3) is 0.545. The molecule has 0 radical (unpaired) electrons. The molecule has 0 aliphatic carbocycles. The molecule has 1 aliphatic rings. The molecule has 1 aromatic rings. The summed E-state index contributed by atoms with van der Waals surface area (Å²) in [7, 11) is 1.62. The minimum Gasteiger partial charge on any atom is -0.378 e. The smallest absolute Gasteiger partial charge is 0.276 e. The fourth-order valence-electron chi connectivity index (χ4n) is 2.00. The molecule has 0 amide bonds. The highest BCUT2D eigenvalue weighted by molar-refractivity contribution is 5.54. The number of nitrogens with one attached hydrogen (secondary N) is 2. The van der Waals surface area contributed by atoms with Crippen molar-refractivity contribution in [2.75, 3.05) is 37.6 Å². The normalized spacial score (nSPS) is 21.7. The average molecular weight is 283 g/mol. The topological polar surface area (TPSA) is 125 Å². The number of nitrogens with two attached hydrogens (primary N) is 1. The summed E-state index contributed by atoms with van der Waals surface area (Å²) in [4.78, 5) is 14.4. The van der Waals surface area contributed by atoms with Gasteiger partial charge < -0.3 is 20.2 Å². The molecule has 4 N–H and O–H groups in total. The molecule has 2 heterocycles. The SMILES string of the molecule is COC1(CNc2cc([N+](=O)[O-])cc(NN)n2)CCOC1. The summed E-state index contributed by atoms with van der Waals surface area (Å²) in [6.45, 7) is 1.56. The van der Waals surface area contributed by atoms with Crippen LogP contribution in [0.5, 0.6) is 0 Å². The molecule has 0 bridgehead atoms. The van der Waals surface area contributed by atoms with Gasteiger partial charge in [-0.05, 0) is 0 Å². The van der Waals surface area contributed by atoms with Gasteiger partial charge in [0.15, 0.2) is 0 Å². The zero-order chi connectivity index (χ0) is 14.6. The molecule has 9 nitrogen and oxygen atoms in total. The number of nitro groups is 1. The molecular formula is C11H17N5O4. The van der Waals surface area contributed by atoms with Gasteiger partial charge in [0, 0.05) is 26.7 Å². The lowest BCUT2D eigenvalue weighted by Gasteiger charge is -2.26. The molecule has 20 heavy (non-hydrogen) atoms. The summed E-state index contributed by atoms with van der Waals surface area (Å²) >= 11 is 0. The van der Waals surface area contributed by atoms with Crippen molar-refractivity contribution in [3.8, 4) is 0 Å². The van der Waals surface area contributed by atoms with Gasteiger partial charge in [0.05, 0.1) is 23.7 Å². The van der Waals surface area contributed by atoms with E-state index >= 15 is 0 Å². The highest BCUT2D eigenvalue weighted by Crippen LogP contribution is 2.25. The maximum absolute atomic E-state index is 10.8. The Morgan fingerprint density at radius 3 is 2.90 bits per heavy atom. The van der Waals surface area contributed by atoms with E-state index in [2.05, 4.69) is 15.7 Å². The molecule has 1 atom stereocenters. The zero-order valence-electron chi connectivity index (χ0n) is 11.1. The summed E-state index contributed by atoms with van der Waals surface area (Å²) in [5.74, 6) is 5.83. The Morgan fingerprint density at radius 2 is 2.35 bits per heavy atom. The van der Waals surface area contributed by atoms with Crippen molar-refractivity contribution in [1.82, 2.24) is 4.98 Å². The Labute approximate surface area is 115 Å². The second-order valence-electron chi connectivity index (χ2n) is 4.54. The van der Waals surface area contributed by atoms with Crippen molar-refractivity contribution in [1.29, 1.82) is 0 Å². The van der Waals surface area contributed by atoms with Gasteiger partial charge in [0.1, 0.15) is 17.2 Å². The fourth-order valence-corrected chi connectivity index (χ4v) is 2.00. The lowest BCUT2D eigenvalue weighted by Crippen LogP contribution is -2.39. The summed E-state index contributed by atoms with van der Waals surface area (Å²) < 4.78 is 10.8. The highest BCUT2D eigenvalue weighted by atomic mass is 16.6. The lowest BCUT2D eigenvalue weighted by atomic mass is 10.0. The number of ether oxygens (including phenoxy) is 2. The van der Waals surface area contributed by atoms with Gasteiger partial charge in [0.25, 0.3) is 5.69 Å². The number of methoxy groups -OCH3 is 1. The van der Waals surface area contributed by atoms with Crippen LogP contribution in [0.2, 0.25) is 0 Å². The van der Waals surface area contributed by atoms with Crippen LogP contribution in [0.1, 0.15) is 6.42 Å². The van der Waals surface area contributed by atoms with E-state index in [1.165, 1.54) is 12.1 Å². The maximum Gasteiger partial charge on any atom is 0.276 e. The van der Waals surface area contributed by atoms with E-state index < -0.39 is 10.5 Å². The third-order valence-electron chi connectivity index (χ3n) is 3.26. The third kappa shape index (κ3) is 3.13. The van der Waals surface area contributed by atoms with Crippen LogP contribution < -0.4 is 16.6 Å². The van der Waals surface area contributed by atoms with Gasteiger partial charge in [-0.3, -0.25) is 10.1 Å². The molecule has 1 saturated heterocycles. The number of aromatic nitrogens is 1. The van der Waals surface area contributed by atoms with Crippen molar-refractivity contribution in [3.63, 3.8) is 0 Å². The molecule has 0 saturated carbocycles. The minimum atomic E-state index is -0.502. The number of pyridine rings is 1. The summed E-state index contributed by atoms with van der Waals surface area (Å²) in [6.07, 6.45) is 0.757. The van der Waals surface area contributed by atoms with E-state index in [9.17, 15) is 10.1 Å². The maximum atomic E-state index is 10.8. The van der Waals surface area contributed by atoms with Gasteiger partial charge in [-0.25, -0.2) is 10.8 Å². The van der Waals surface area contributed by atoms with E-state index in [1.807, 2.05) is 0 Å². The first kappa shape index (κ1) is 14.4. The molecule has 1 fully saturated rings. The number of hydrogen-bond acceptors (Lipinski definition) is 8. The van der Waals surface area contributed by atoms with E-state index in [-0.39, 0.29) is 11.5 Å². The van der Waals surface area contributed by atoms with Crippen LogP contribution in [-0.4, -0.2) is 42.4 Å². The Morgan fingerprint density at radius 1 is 1.60 bits per heavy atom. The van der Waals surface area contributed by atoms with Crippen molar-refractivity contribution in [2.45, 2.75) is 12.0 Å². The Hall–Kier alpha value is -1.97. The summed E-state index contributed by atoms with van der Waals surface area (Å²) in [6, 6.07) is 2.61. The first-order valence-corrected chi connectivity index (χ1v) is 6.08. The number of rotatable bonds is 6. The molecule has 110 valence electrons. The lowest BCUT2D eigenvalue weighted by molar-refractivity contribution is -0.384. The van der Waals surface area contributed by atoms with Crippen LogP contribution >= 0.6 is 0 Å².